The Morgan fingerprint density at radius 2 is 1.94 bits per heavy atom. The Kier molecular flexibility index (Phi) is 7.04. The van der Waals surface area contributed by atoms with E-state index in [9.17, 15) is 14.0 Å². The third-order valence-electron chi connectivity index (χ3n) is 5.66. The van der Waals surface area contributed by atoms with Gasteiger partial charge in [-0.2, -0.15) is 0 Å². The molecule has 0 saturated heterocycles. The van der Waals surface area contributed by atoms with Gasteiger partial charge in [0.05, 0.1) is 26.6 Å². The number of ether oxygens (including phenoxy) is 3. The second-order valence-electron chi connectivity index (χ2n) is 7.75. The molecule has 4 rings (SSSR count). The first kappa shape index (κ1) is 23.9. The lowest BCUT2D eigenvalue weighted by molar-refractivity contribution is 0.111. The molecule has 0 fully saturated rings. The first-order valence-corrected chi connectivity index (χ1v) is 10.8. The van der Waals surface area contributed by atoms with Crippen molar-refractivity contribution in [2.75, 3.05) is 31.0 Å². The van der Waals surface area contributed by atoms with Crippen molar-refractivity contribution in [3.05, 3.63) is 58.8 Å². The van der Waals surface area contributed by atoms with Gasteiger partial charge in [0.1, 0.15) is 23.9 Å². The van der Waals surface area contributed by atoms with Gasteiger partial charge in [-0.25, -0.2) is 24.1 Å². The maximum atomic E-state index is 14.7. The molecule has 3 heterocycles. The molecule has 0 spiro atoms. The number of fused-ring (bicyclic) bond motifs is 1. The average molecular weight is 481 g/mol. The molecule has 1 aliphatic heterocycles. The van der Waals surface area contributed by atoms with E-state index in [1.165, 1.54) is 37.6 Å². The van der Waals surface area contributed by atoms with Crippen molar-refractivity contribution in [3.63, 3.8) is 0 Å². The van der Waals surface area contributed by atoms with E-state index in [0.29, 0.717) is 30.0 Å². The minimum Gasteiger partial charge on any atom is -0.496 e. The fourth-order valence-corrected chi connectivity index (χ4v) is 3.78. The van der Waals surface area contributed by atoms with Crippen LogP contribution in [-0.2, 0) is 13.0 Å². The lowest BCUT2D eigenvalue weighted by atomic mass is 10.1. The summed E-state index contributed by atoms with van der Waals surface area (Å²) >= 11 is 0. The number of amides is 2. The molecule has 1 aromatic carbocycles. The third kappa shape index (κ3) is 4.98. The number of aldehydes is 1. The van der Waals surface area contributed by atoms with Crippen molar-refractivity contribution in [1.82, 2.24) is 15.0 Å². The van der Waals surface area contributed by atoms with E-state index in [1.54, 1.807) is 19.1 Å². The molecule has 0 unspecified atom stereocenters. The molecule has 0 radical (unpaired) electrons. The predicted octanol–water partition coefficient (Wildman–Crippen LogP) is 3.71. The number of urea groups is 1. The molecule has 2 aromatic heterocycles. The Morgan fingerprint density at radius 1 is 1.20 bits per heavy atom. The SMILES string of the molecule is COc1cc(OC)c(F)c(COc2cnc(NC(=O)N3CCCc4ccc(C=O)nc43)nc2)c1C. The summed E-state index contributed by atoms with van der Waals surface area (Å²) in [6.45, 7) is 2.07. The lowest BCUT2D eigenvalue weighted by Crippen LogP contribution is -2.39. The van der Waals surface area contributed by atoms with Gasteiger partial charge in [0.25, 0.3) is 0 Å². The molecule has 10 nitrogen and oxygen atoms in total. The highest BCUT2D eigenvalue weighted by Crippen LogP contribution is 2.32. The Labute approximate surface area is 201 Å². The summed E-state index contributed by atoms with van der Waals surface area (Å²) in [5.41, 5.74) is 2.01. The van der Waals surface area contributed by atoms with E-state index in [1.807, 2.05) is 0 Å². The highest BCUT2D eigenvalue weighted by Gasteiger charge is 2.25. The number of benzene rings is 1. The van der Waals surface area contributed by atoms with E-state index in [0.717, 1.165) is 18.4 Å². The van der Waals surface area contributed by atoms with Crippen molar-refractivity contribution in [2.24, 2.45) is 0 Å². The zero-order valence-corrected chi connectivity index (χ0v) is 19.5. The standard InChI is InChI=1S/C24H24FN5O5/c1-14-18(21(25)20(34-3)9-19(14)33-2)13-35-17-10-26-23(27-11-17)29-24(32)30-8-4-5-15-6-7-16(12-31)28-22(15)30/h6-7,9-12H,4-5,8,13H2,1-3H3,(H,26,27,29,32). The van der Waals surface area contributed by atoms with Crippen molar-refractivity contribution in [1.29, 1.82) is 0 Å². The van der Waals surface area contributed by atoms with Gasteiger partial charge in [-0.05, 0) is 31.4 Å². The molecule has 1 N–H and O–H groups in total. The van der Waals surface area contributed by atoms with E-state index >= 15 is 0 Å². The summed E-state index contributed by atoms with van der Waals surface area (Å²) in [6.07, 6.45) is 4.93. The van der Waals surface area contributed by atoms with E-state index in [2.05, 4.69) is 20.3 Å². The largest absolute Gasteiger partial charge is 0.496 e. The second-order valence-corrected chi connectivity index (χ2v) is 7.75. The summed E-state index contributed by atoms with van der Waals surface area (Å²) in [6, 6.07) is 4.45. The number of rotatable bonds is 7. The van der Waals surface area contributed by atoms with Gasteiger partial charge < -0.3 is 14.2 Å². The zero-order chi connectivity index (χ0) is 24.9. The Morgan fingerprint density at radius 3 is 2.63 bits per heavy atom. The number of aromatic nitrogens is 3. The van der Waals surface area contributed by atoms with Gasteiger partial charge in [0, 0.05) is 23.7 Å². The van der Waals surface area contributed by atoms with Crippen molar-refractivity contribution in [3.8, 4) is 17.2 Å². The smallest absolute Gasteiger partial charge is 0.329 e. The van der Waals surface area contributed by atoms with Crippen molar-refractivity contribution < 1.29 is 28.2 Å². The summed E-state index contributed by atoms with van der Waals surface area (Å²) in [7, 11) is 2.86. The number of methoxy groups -OCH3 is 2. The quantitative estimate of drug-likeness (QED) is 0.508. The Balaban J connectivity index is 1.44. The zero-order valence-electron chi connectivity index (χ0n) is 19.5. The van der Waals surface area contributed by atoms with Gasteiger partial charge in [-0.3, -0.25) is 15.0 Å². The second kappa shape index (κ2) is 10.3. The topological polar surface area (TPSA) is 116 Å². The van der Waals surface area contributed by atoms with Crippen LogP contribution in [-0.4, -0.2) is 48.0 Å². The van der Waals surface area contributed by atoms with E-state index < -0.39 is 11.8 Å². The van der Waals surface area contributed by atoms with Crippen LogP contribution in [0.4, 0.5) is 21.0 Å². The maximum Gasteiger partial charge on any atom is 0.329 e. The summed E-state index contributed by atoms with van der Waals surface area (Å²) < 4.78 is 30.7. The molecule has 0 bridgehead atoms. The maximum absolute atomic E-state index is 14.7. The first-order valence-electron chi connectivity index (χ1n) is 10.8. The monoisotopic (exact) mass is 481 g/mol. The van der Waals surface area contributed by atoms with Gasteiger partial charge in [0.2, 0.25) is 5.95 Å². The number of anilines is 2. The highest BCUT2D eigenvalue weighted by molar-refractivity contribution is 6.01. The van der Waals surface area contributed by atoms with Gasteiger partial charge in [-0.15, -0.1) is 0 Å². The molecular formula is C24H24FN5O5. The molecule has 0 saturated carbocycles. The third-order valence-corrected chi connectivity index (χ3v) is 5.66. The Bertz CT molecular complexity index is 1220. The molecule has 0 atom stereocenters. The summed E-state index contributed by atoms with van der Waals surface area (Å²) in [5.74, 6) is 0.781. The fourth-order valence-electron chi connectivity index (χ4n) is 3.78. The molecular weight excluding hydrogens is 457 g/mol. The summed E-state index contributed by atoms with van der Waals surface area (Å²) in [5, 5.41) is 2.63. The van der Waals surface area contributed by atoms with Crippen LogP contribution in [0, 0.1) is 12.7 Å². The minimum atomic E-state index is -0.538. The molecule has 11 heteroatoms. The van der Waals surface area contributed by atoms with Crippen LogP contribution in [0.15, 0.2) is 30.6 Å². The molecule has 182 valence electrons. The van der Waals surface area contributed by atoms with Crippen LogP contribution in [0.2, 0.25) is 0 Å². The molecule has 2 amide bonds. The van der Waals surface area contributed by atoms with Crippen LogP contribution >= 0.6 is 0 Å². The van der Waals surface area contributed by atoms with E-state index in [-0.39, 0.29) is 35.3 Å². The molecule has 35 heavy (non-hydrogen) atoms. The number of nitrogens with zero attached hydrogens (tertiary/aromatic N) is 4. The predicted molar refractivity (Wildman–Crippen MR) is 125 cm³/mol. The van der Waals surface area contributed by atoms with Crippen LogP contribution in [0.5, 0.6) is 17.2 Å². The van der Waals surface area contributed by atoms with Crippen LogP contribution in [0.1, 0.15) is 33.6 Å². The average Bonchev–Trinajstić information content (AvgIpc) is 2.89. The number of nitrogens with one attached hydrogen (secondary N) is 1. The number of halogens is 1. The van der Waals surface area contributed by atoms with Gasteiger partial charge in [-0.1, -0.05) is 6.07 Å². The fraction of sp³-hybridized carbons (Fsp3) is 0.292. The number of carbonyl (C=O) groups is 2. The number of hydrogen-bond donors (Lipinski definition) is 1. The van der Waals surface area contributed by atoms with Crippen molar-refractivity contribution in [2.45, 2.75) is 26.4 Å². The van der Waals surface area contributed by atoms with Crippen LogP contribution < -0.4 is 24.4 Å². The molecule has 3 aromatic rings. The molecule has 1 aliphatic rings. The Hall–Kier alpha value is -4.28. The van der Waals surface area contributed by atoms with Crippen LogP contribution in [0.25, 0.3) is 0 Å². The van der Waals surface area contributed by atoms with Crippen molar-refractivity contribution >= 4 is 24.1 Å². The summed E-state index contributed by atoms with van der Waals surface area (Å²) in [4.78, 5) is 37.9. The van der Waals surface area contributed by atoms with Gasteiger partial charge in [0.15, 0.2) is 23.6 Å². The minimum absolute atomic E-state index is 0.0504. The first-order chi connectivity index (χ1) is 16.9. The number of pyridine rings is 1. The highest BCUT2D eigenvalue weighted by atomic mass is 19.1. The van der Waals surface area contributed by atoms with Crippen LogP contribution in [0.3, 0.4) is 0 Å². The molecule has 0 aliphatic carbocycles. The van der Waals surface area contributed by atoms with Gasteiger partial charge >= 0.3 is 6.03 Å². The lowest BCUT2D eigenvalue weighted by Gasteiger charge is -2.28. The number of hydrogen-bond acceptors (Lipinski definition) is 8. The number of carbonyl (C=O) groups excluding carboxylic acids is 2. The van der Waals surface area contributed by atoms with E-state index in [4.69, 9.17) is 14.2 Å². The normalized spacial score (nSPS) is 12.5. The number of aryl methyl sites for hydroxylation is 1.